The third-order valence-corrected chi connectivity index (χ3v) is 2.26. The molecule has 0 aromatic heterocycles. The molecule has 0 aliphatic rings. The van der Waals surface area contributed by atoms with E-state index in [1.165, 1.54) is 0 Å². The zero-order valence-electron chi connectivity index (χ0n) is 9.45. The monoisotopic (exact) mass is 203 g/mol. The van der Waals surface area contributed by atoms with Crippen LogP contribution >= 0.6 is 0 Å². The lowest BCUT2D eigenvalue weighted by molar-refractivity contribution is 0.104. The van der Waals surface area contributed by atoms with Gasteiger partial charge in [-0.15, -0.1) is 0 Å². The van der Waals surface area contributed by atoms with Crippen LogP contribution in [-0.4, -0.2) is 12.8 Å². The zero-order valence-corrected chi connectivity index (χ0v) is 9.45. The third kappa shape index (κ3) is 3.24. The highest BCUT2D eigenvalue weighted by Gasteiger charge is 2.05. The summed E-state index contributed by atoms with van der Waals surface area (Å²) in [6.07, 6.45) is 1.67. The molecule has 1 rings (SSSR count). The summed E-state index contributed by atoms with van der Waals surface area (Å²) in [5.41, 5.74) is 1.69. The van der Waals surface area contributed by atoms with E-state index in [0.29, 0.717) is 5.92 Å². The van der Waals surface area contributed by atoms with Crippen LogP contribution in [0.4, 0.5) is 0 Å². The van der Waals surface area contributed by atoms with Crippen LogP contribution in [0.2, 0.25) is 0 Å². The number of benzene rings is 1. The number of carbonyl (C=O) groups excluding carboxylic acids is 1. The molecule has 0 aliphatic carbocycles. The number of hydrogen-bond donors (Lipinski definition) is 1. The summed E-state index contributed by atoms with van der Waals surface area (Å²) in [6, 6.07) is 9.30. The molecule has 0 bridgehead atoms. The van der Waals surface area contributed by atoms with E-state index in [-0.39, 0.29) is 5.78 Å². The van der Waals surface area contributed by atoms with Crippen molar-refractivity contribution in [1.29, 1.82) is 0 Å². The number of nitrogens with one attached hydrogen (secondary N) is 1. The Balaban J connectivity index is 2.87. The van der Waals surface area contributed by atoms with Crippen LogP contribution in [0.5, 0.6) is 0 Å². The van der Waals surface area contributed by atoms with Gasteiger partial charge in [-0.3, -0.25) is 4.79 Å². The van der Waals surface area contributed by atoms with Crippen LogP contribution in [0, 0.1) is 5.92 Å². The van der Waals surface area contributed by atoms with Gasteiger partial charge in [0.25, 0.3) is 0 Å². The highest BCUT2D eigenvalue weighted by molar-refractivity contribution is 6.04. The van der Waals surface area contributed by atoms with Crippen LogP contribution in [0.3, 0.4) is 0 Å². The van der Waals surface area contributed by atoms with Crippen molar-refractivity contribution < 1.29 is 4.79 Å². The number of ketones is 1. The molecule has 0 spiro atoms. The van der Waals surface area contributed by atoms with Gasteiger partial charge in [-0.1, -0.05) is 44.2 Å². The van der Waals surface area contributed by atoms with Crippen LogP contribution in [0.15, 0.2) is 42.1 Å². The first kappa shape index (κ1) is 11.5. The molecule has 2 nitrogen and oxygen atoms in total. The number of rotatable bonds is 4. The summed E-state index contributed by atoms with van der Waals surface area (Å²) in [5, 5.41) is 3.04. The first-order chi connectivity index (χ1) is 7.15. The molecule has 0 fully saturated rings. The van der Waals surface area contributed by atoms with Crippen molar-refractivity contribution in [3.63, 3.8) is 0 Å². The van der Waals surface area contributed by atoms with E-state index in [4.69, 9.17) is 0 Å². The minimum Gasteiger partial charge on any atom is -0.391 e. The Morgan fingerprint density at radius 3 is 2.33 bits per heavy atom. The Labute approximate surface area is 91.0 Å². The van der Waals surface area contributed by atoms with Gasteiger partial charge in [0.15, 0.2) is 5.78 Å². The first-order valence-electron chi connectivity index (χ1n) is 5.14. The lowest BCUT2D eigenvalue weighted by atomic mass is 10.1. The first-order valence-corrected chi connectivity index (χ1v) is 5.14. The van der Waals surface area contributed by atoms with Gasteiger partial charge in [-0.05, 0) is 5.92 Å². The van der Waals surface area contributed by atoms with Gasteiger partial charge in [0.1, 0.15) is 0 Å². The minimum absolute atomic E-state index is 0.0497. The quantitative estimate of drug-likeness (QED) is 0.602. The molecule has 15 heavy (non-hydrogen) atoms. The van der Waals surface area contributed by atoms with Gasteiger partial charge in [-0.2, -0.15) is 0 Å². The maximum atomic E-state index is 11.8. The SMILES string of the molecule is CN/C(=C/C(=O)c1ccccc1)C(C)C. The van der Waals surface area contributed by atoms with E-state index in [1.54, 1.807) is 6.08 Å². The van der Waals surface area contributed by atoms with Crippen LogP contribution in [0.1, 0.15) is 24.2 Å². The fourth-order valence-corrected chi connectivity index (χ4v) is 1.35. The van der Waals surface area contributed by atoms with E-state index < -0.39 is 0 Å². The van der Waals surface area contributed by atoms with Crippen molar-refractivity contribution in [3.8, 4) is 0 Å². The Bertz CT molecular complexity index is 352. The molecule has 0 heterocycles. The highest BCUT2D eigenvalue weighted by atomic mass is 16.1. The fourth-order valence-electron chi connectivity index (χ4n) is 1.35. The smallest absolute Gasteiger partial charge is 0.187 e. The normalized spacial score (nSPS) is 11.6. The second-order valence-electron chi connectivity index (χ2n) is 3.73. The summed E-state index contributed by atoms with van der Waals surface area (Å²) in [4.78, 5) is 11.8. The fraction of sp³-hybridized carbons (Fsp3) is 0.308. The lowest BCUT2D eigenvalue weighted by Gasteiger charge is -2.09. The summed E-state index contributed by atoms with van der Waals surface area (Å²) in [6.45, 7) is 4.11. The van der Waals surface area contributed by atoms with Crippen molar-refractivity contribution in [2.45, 2.75) is 13.8 Å². The van der Waals surface area contributed by atoms with E-state index in [9.17, 15) is 4.79 Å². The van der Waals surface area contributed by atoms with Crippen molar-refractivity contribution in [2.24, 2.45) is 5.92 Å². The van der Waals surface area contributed by atoms with E-state index in [2.05, 4.69) is 19.2 Å². The lowest BCUT2D eigenvalue weighted by Crippen LogP contribution is -2.13. The van der Waals surface area contributed by atoms with E-state index in [1.807, 2.05) is 37.4 Å². The zero-order chi connectivity index (χ0) is 11.3. The summed E-state index contributed by atoms with van der Waals surface area (Å²) in [7, 11) is 1.84. The summed E-state index contributed by atoms with van der Waals surface area (Å²) < 4.78 is 0. The Morgan fingerprint density at radius 2 is 1.87 bits per heavy atom. The second kappa shape index (κ2) is 5.35. The molecule has 2 heteroatoms. The number of carbonyl (C=O) groups is 1. The minimum atomic E-state index is 0.0497. The van der Waals surface area contributed by atoms with Gasteiger partial charge < -0.3 is 5.32 Å². The molecule has 0 unspecified atom stereocenters. The predicted molar refractivity (Wildman–Crippen MR) is 62.8 cm³/mol. The second-order valence-corrected chi connectivity index (χ2v) is 3.73. The van der Waals surface area contributed by atoms with E-state index >= 15 is 0 Å². The van der Waals surface area contributed by atoms with Gasteiger partial charge in [0.2, 0.25) is 0 Å². The van der Waals surface area contributed by atoms with Crippen molar-refractivity contribution in [1.82, 2.24) is 5.32 Å². The van der Waals surface area contributed by atoms with E-state index in [0.717, 1.165) is 11.3 Å². The van der Waals surface area contributed by atoms with Crippen molar-refractivity contribution in [2.75, 3.05) is 7.05 Å². The molecule has 0 amide bonds. The van der Waals surface area contributed by atoms with Gasteiger partial charge >= 0.3 is 0 Å². The molecular weight excluding hydrogens is 186 g/mol. The highest BCUT2D eigenvalue weighted by Crippen LogP contribution is 2.08. The van der Waals surface area contributed by atoms with Crippen LogP contribution in [0.25, 0.3) is 0 Å². The van der Waals surface area contributed by atoms with Gasteiger partial charge in [0, 0.05) is 24.4 Å². The molecule has 80 valence electrons. The average molecular weight is 203 g/mol. The maximum absolute atomic E-state index is 11.8. The van der Waals surface area contributed by atoms with Crippen molar-refractivity contribution in [3.05, 3.63) is 47.7 Å². The molecule has 1 N–H and O–H groups in total. The Hall–Kier alpha value is -1.57. The van der Waals surface area contributed by atoms with Crippen molar-refractivity contribution >= 4 is 5.78 Å². The van der Waals surface area contributed by atoms with Gasteiger partial charge in [-0.25, -0.2) is 0 Å². The molecule has 1 aromatic carbocycles. The summed E-state index contributed by atoms with van der Waals surface area (Å²) >= 11 is 0. The predicted octanol–water partition coefficient (Wildman–Crippen LogP) is 2.63. The molecule has 0 saturated carbocycles. The topological polar surface area (TPSA) is 29.1 Å². The molecule has 0 saturated heterocycles. The van der Waals surface area contributed by atoms with Crippen LogP contribution in [-0.2, 0) is 0 Å². The molecular formula is C13H17NO. The number of allylic oxidation sites excluding steroid dienone is 2. The Morgan fingerprint density at radius 1 is 1.27 bits per heavy atom. The average Bonchev–Trinajstić information content (AvgIpc) is 2.26. The van der Waals surface area contributed by atoms with Gasteiger partial charge in [0.05, 0.1) is 0 Å². The standard InChI is InChI=1S/C13H17NO/c1-10(2)12(14-3)9-13(15)11-7-5-4-6-8-11/h4-10,14H,1-3H3/b12-9+. The molecule has 1 aromatic rings. The largest absolute Gasteiger partial charge is 0.391 e. The molecule has 0 radical (unpaired) electrons. The summed E-state index contributed by atoms with van der Waals surface area (Å²) in [5.74, 6) is 0.385. The molecule has 0 aliphatic heterocycles. The third-order valence-electron chi connectivity index (χ3n) is 2.26. The van der Waals surface area contributed by atoms with Crippen LogP contribution < -0.4 is 5.32 Å². The number of hydrogen-bond acceptors (Lipinski definition) is 2. The maximum Gasteiger partial charge on any atom is 0.187 e. The molecule has 0 atom stereocenters. The Kier molecular flexibility index (Phi) is 4.10.